The normalized spacial score (nSPS) is 11.0. The van der Waals surface area contributed by atoms with Gasteiger partial charge in [-0.05, 0) is 22.9 Å². The summed E-state index contributed by atoms with van der Waals surface area (Å²) in [6.07, 6.45) is 1.95. The van der Waals surface area contributed by atoms with Gasteiger partial charge in [-0.15, -0.1) is 0 Å². The van der Waals surface area contributed by atoms with E-state index in [-0.39, 0.29) is 12.3 Å². The number of ether oxygens (including phenoxy) is 1. The maximum Gasteiger partial charge on any atom is 0.224 e. The summed E-state index contributed by atoms with van der Waals surface area (Å²) in [6.45, 7) is 0.430. The highest BCUT2D eigenvalue weighted by molar-refractivity contribution is 6.08. The van der Waals surface area contributed by atoms with Crippen LogP contribution in [-0.4, -0.2) is 13.0 Å². The highest BCUT2D eigenvalue weighted by Crippen LogP contribution is 2.30. The molecule has 0 saturated heterocycles. The first-order chi connectivity index (χ1) is 12.8. The van der Waals surface area contributed by atoms with Crippen LogP contribution in [0.1, 0.15) is 11.1 Å². The maximum atomic E-state index is 12.5. The Morgan fingerprint density at radius 1 is 1.00 bits per heavy atom. The van der Waals surface area contributed by atoms with Crippen molar-refractivity contribution in [3.05, 3.63) is 78.1 Å². The molecule has 4 nitrogen and oxygen atoms in total. The van der Waals surface area contributed by atoms with Gasteiger partial charge >= 0.3 is 0 Å². The Labute approximate surface area is 151 Å². The molecule has 0 spiro atoms. The zero-order valence-electron chi connectivity index (χ0n) is 14.5. The Bertz CT molecular complexity index is 1080. The summed E-state index contributed by atoms with van der Waals surface area (Å²) in [5.74, 6) is 0.721. The number of carbonyl (C=O) groups excluding carboxylic acids is 1. The number of methoxy groups -OCH3 is 1. The van der Waals surface area contributed by atoms with Crippen LogP contribution in [0.3, 0.4) is 0 Å². The smallest absolute Gasteiger partial charge is 0.224 e. The molecule has 4 heteroatoms. The van der Waals surface area contributed by atoms with Gasteiger partial charge < -0.3 is 14.5 Å². The number of furan rings is 1. The minimum atomic E-state index is -0.0495. The lowest BCUT2D eigenvalue weighted by Gasteiger charge is -2.09. The van der Waals surface area contributed by atoms with Gasteiger partial charge in [-0.25, -0.2) is 0 Å². The average molecular weight is 345 g/mol. The molecule has 0 atom stereocenters. The van der Waals surface area contributed by atoms with Gasteiger partial charge in [0.25, 0.3) is 0 Å². The quantitative estimate of drug-likeness (QED) is 0.581. The molecular formula is C22H19NO3. The fraction of sp³-hybridized carbons (Fsp3) is 0.136. The predicted octanol–water partition coefficient (Wildman–Crippen LogP) is 4.45. The minimum Gasteiger partial charge on any atom is -0.496 e. The summed E-state index contributed by atoms with van der Waals surface area (Å²) in [5.41, 5.74) is 2.65. The highest BCUT2D eigenvalue weighted by Gasteiger charge is 2.13. The fourth-order valence-corrected chi connectivity index (χ4v) is 3.28. The minimum absolute atomic E-state index is 0.0495. The summed E-state index contributed by atoms with van der Waals surface area (Å²) in [4.78, 5) is 12.5. The molecule has 1 heterocycles. The SMILES string of the molecule is COc1ccccc1CNC(=O)Cc1coc2ccc3ccccc3c12. The van der Waals surface area contributed by atoms with Crippen LogP contribution in [0.2, 0.25) is 0 Å². The maximum absolute atomic E-state index is 12.5. The van der Waals surface area contributed by atoms with Crippen molar-refractivity contribution in [1.29, 1.82) is 0 Å². The molecule has 0 aliphatic carbocycles. The second-order valence-corrected chi connectivity index (χ2v) is 6.19. The lowest BCUT2D eigenvalue weighted by Crippen LogP contribution is -2.24. The number of nitrogens with one attached hydrogen (secondary N) is 1. The van der Waals surface area contributed by atoms with E-state index in [1.54, 1.807) is 13.4 Å². The molecule has 0 unspecified atom stereocenters. The van der Waals surface area contributed by atoms with Gasteiger partial charge in [0.2, 0.25) is 5.91 Å². The lowest BCUT2D eigenvalue weighted by molar-refractivity contribution is -0.120. The van der Waals surface area contributed by atoms with Gasteiger partial charge in [0.1, 0.15) is 11.3 Å². The van der Waals surface area contributed by atoms with Crippen LogP contribution >= 0.6 is 0 Å². The van der Waals surface area contributed by atoms with Crippen LogP contribution in [0.15, 0.2) is 71.3 Å². The van der Waals surface area contributed by atoms with Gasteiger partial charge in [-0.3, -0.25) is 4.79 Å². The third kappa shape index (κ3) is 3.02. The Hall–Kier alpha value is -3.27. The lowest BCUT2D eigenvalue weighted by atomic mass is 10.0. The van der Waals surface area contributed by atoms with Crippen LogP contribution in [0.25, 0.3) is 21.7 Å². The number of fused-ring (bicyclic) bond motifs is 3. The zero-order chi connectivity index (χ0) is 17.9. The van der Waals surface area contributed by atoms with E-state index < -0.39 is 0 Å². The second-order valence-electron chi connectivity index (χ2n) is 6.19. The molecule has 0 bridgehead atoms. The molecule has 1 amide bonds. The Morgan fingerprint density at radius 3 is 2.69 bits per heavy atom. The van der Waals surface area contributed by atoms with Gasteiger partial charge in [0.15, 0.2) is 0 Å². The van der Waals surface area contributed by atoms with E-state index in [2.05, 4.69) is 17.4 Å². The molecule has 0 radical (unpaired) electrons. The summed E-state index contributed by atoms with van der Waals surface area (Å²) in [5, 5.41) is 6.21. The molecule has 4 rings (SSSR count). The van der Waals surface area contributed by atoms with Gasteiger partial charge in [0, 0.05) is 23.1 Å². The highest BCUT2D eigenvalue weighted by atomic mass is 16.5. The van der Waals surface area contributed by atoms with Crippen molar-refractivity contribution in [2.24, 2.45) is 0 Å². The van der Waals surface area contributed by atoms with E-state index in [1.165, 1.54) is 0 Å². The zero-order valence-corrected chi connectivity index (χ0v) is 14.5. The number of para-hydroxylation sites is 1. The molecule has 0 aliphatic heterocycles. The van der Waals surface area contributed by atoms with Crippen LogP contribution in [0.5, 0.6) is 5.75 Å². The molecule has 1 aromatic heterocycles. The predicted molar refractivity (Wildman–Crippen MR) is 102 cm³/mol. The van der Waals surface area contributed by atoms with Crippen molar-refractivity contribution >= 4 is 27.6 Å². The fourth-order valence-electron chi connectivity index (χ4n) is 3.28. The number of hydrogen-bond acceptors (Lipinski definition) is 3. The van der Waals surface area contributed by atoms with E-state index in [4.69, 9.17) is 9.15 Å². The number of benzene rings is 3. The number of amides is 1. The molecule has 0 aliphatic rings. The second kappa shape index (κ2) is 6.92. The van der Waals surface area contributed by atoms with Gasteiger partial charge in [-0.1, -0.05) is 48.5 Å². The molecule has 3 aromatic carbocycles. The van der Waals surface area contributed by atoms with E-state index in [0.717, 1.165) is 38.6 Å². The van der Waals surface area contributed by atoms with Crippen molar-refractivity contribution in [3.8, 4) is 5.75 Å². The van der Waals surface area contributed by atoms with E-state index >= 15 is 0 Å². The summed E-state index contributed by atoms with van der Waals surface area (Å²) in [6, 6.07) is 19.8. The molecule has 26 heavy (non-hydrogen) atoms. The van der Waals surface area contributed by atoms with Crippen molar-refractivity contribution in [2.75, 3.05) is 7.11 Å². The molecular weight excluding hydrogens is 326 g/mol. The first kappa shape index (κ1) is 16.2. The first-order valence-electron chi connectivity index (χ1n) is 8.52. The molecule has 1 N–H and O–H groups in total. The van der Waals surface area contributed by atoms with Crippen molar-refractivity contribution in [3.63, 3.8) is 0 Å². The first-order valence-corrected chi connectivity index (χ1v) is 8.52. The van der Waals surface area contributed by atoms with Gasteiger partial charge in [-0.2, -0.15) is 0 Å². The summed E-state index contributed by atoms with van der Waals surface area (Å²) in [7, 11) is 1.63. The van der Waals surface area contributed by atoms with Crippen LogP contribution in [-0.2, 0) is 17.8 Å². The molecule has 130 valence electrons. The number of rotatable bonds is 5. The average Bonchev–Trinajstić information content (AvgIpc) is 3.10. The number of hydrogen-bond donors (Lipinski definition) is 1. The Morgan fingerprint density at radius 2 is 1.81 bits per heavy atom. The van der Waals surface area contributed by atoms with Crippen molar-refractivity contribution < 1.29 is 13.9 Å². The van der Waals surface area contributed by atoms with E-state index in [1.807, 2.05) is 48.5 Å². The molecule has 0 fully saturated rings. The summed E-state index contributed by atoms with van der Waals surface area (Å²) < 4.78 is 11.0. The Kier molecular flexibility index (Phi) is 4.32. The Balaban J connectivity index is 1.55. The third-order valence-corrected chi connectivity index (χ3v) is 4.56. The standard InChI is InChI=1S/C22H19NO3/c1-25-19-9-5-3-7-16(19)13-23-21(24)12-17-14-26-20-11-10-15-6-2-4-8-18(15)22(17)20/h2-11,14H,12-13H2,1H3,(H,23,24). The summed E-state index contributed by atoms with van der Waals surface area (Å²) >= 11 is 0. The van der Waals surface area contributed by atoms with Gasteiger partial charge in [0.05, 0.1) is 19.8 Å². The molecule has 0 saturated carbocycles. The van der Waals surface area contributed by atoms with Crippen molar-refractivity contribution in [1.82, 2.24) is 5.32 Å². The third-order valence-electron chi connectivity index (χ3n) is 4.56. The van der Waals surface area contributed by atoms with E-state index in [0.29, 0.717) is 6.54 Å². The number of carbonyl (C=O) groups is 1. The largest absolute Gasteiger partial charge is 0.496 e. The monoisotopic (exact) mass is 345 g/mol. The van der Waals surface area contributed by atoms with Crippen LogP contribution < -0.4 is 10.1 Å². The van der Waals surface area contributed by atoms with Crippen LogP contribution in [0, 0.1) is 0 Å². The molecule has 4 aromatic rings. The van der Waals surface area contributed by atoms with Crippen molar-refractivity contribution in [2.45, 2.75) is 13.0 Å². The topological polar surface area (TPSA) is 51.5 Å². The van der Waals surface area contributed by atoms with Crippen LogP contribution in [0.4, 0.5) is 0 Å². The van der Waals surface area contributed by atoms with E-state index in [9.17, 15) is 4.79 Å².